The molecule has 0 N–H and O–H groups in total. The molecule has 81 heavy (non-hydrogen) atoms. The van der Waals surface area contributed by atoms with Crippen molar-refractivity contribution in [3.05, 3.63) is 255 Å². The Balaban J connectivity index is 0.854. The van der Waals surface area contributed by atoms with Crippen molar-refractivity contribution in [2.45, 2.75) is 13.5 Å². The summed E-state index contributed by atoms with van der Waals surface area (Å²) in [5, 5.41) is 11.7. The fourth-order valence-electron chi connectivity index (χ4n) is 13.0. The van der Waals surface area contributed by atoms with Crippen molar-refractivity contribution in [2.75, 3.05) is 0 Å². The quantitative estimate of drug-likeness (QED) is 0.160. The van der Waals surface area contributed by atoms with Crippen molar-refractivity contribution in [2.24, 2.45) is 0 Å². The minimum Gasteiger partial charge on any atom is -0.341 e. The second-order valence-corrected chi connectivity index (χ2v) is 21.4. The van der Waals surface area contributed by atoms with Crippen LogP contribution in [0.2, 0.25) is 0 Å². The minimum atomic E-state index is 0.839. The number of hydrogen-bond donors (Lipinski definition) is 0. The zero-order valence-electron chi connectivity index (χ0n) is 44.1. The van der Waals surface area contributed by atoms with Gasteiger partial charge in [0.1, 0.15) is 0 Å². The van der Waals surface area contributed by atoms with E-state index in [2.05, 4.69) is 247 Å². The monoisotopic (exact) mass is 1030 g/mol. The largest absolute Gasteiger partial charge is 0.341 e. The molecular formula is C74H47N7. The van der Waals surface area contributed by atoms with E-state index >= 15 is 0 Å². The Labute approximate surface area is 464 Å². The molecule has 7 aromatic heterocycles. The van der Waals surface area contributed by atoms with E-state index in [0.717, 1.165) is 106 Å². The normalized spacial score (nSPS) is 12.1. The molecule has 7 heterocycles. The molecule has 7 heteroatoms. The summed E-state index contributed by atoms with van der Waals surface area (Å²) < 4.78 is 7.39. The Hall–Kier alpha value is -10.8. The highest BCUT2D eigenvalue weighted by molar-refractivity contribution is 6.15. The highest BCUT2D eigenvalue weighted by atomic mass is 15.0. The topological polar surface area (TPSA) is 66.3 Å². The number of benzene rings is 10. The van der Waals surface area contributed by atoms with Crippen molar-refractivity contribution in [3.8, 4) is 55.9 Å². The molecule has 0 aliphatic rings. The van der Waals surface area contributed by atoms with Gasteiger partial charge in [-0.05, 0) is 209 Å². The van der Waals surface area contributed by atoms with Crippen LogP contribution >= 0.6 is 0 Å². The van der Waals surface area contributed by atoms with Gasteiger partial charge in [-0.3, -0.25) is 19.9 Å². The van der Waals surface area contributed by atoms with Gasteiger partial charge in [0.05, 0.1) is 44.1 Å². The Morgan fingerprint density at radius 2 is 0.519 bits per heavy atom. The maximum atomic E-state index is 4.62. The van der Waals surface area contributed by atoms with E-state index in [9.17, 15) is 0 Å². The van der Waals surface area contributed by atoms with Gasteiger partial charge in [0.2, 0.25) is 0 Å². The summed E-state index contributed by atoms with van der Waals surface area (Å²) in [5.74, 6) is 0. The van der Waals surface area contributed by atoms with Crippen molar-refractivity contribution < 1.29 is 0 Å². The second kappa shape index (κ2) is 17.6. The van der Waals surface area contributed by atoms with Crippen molar-refractivity contribution in [1.29, 1.82) is 0 Å². The van der Waals surface area contributed by atoms with Crippen molar-refractivity contribution >= 4 is 109 Å². The number of pyridine rings is 4. The third-order valence-electron chi connectivity index (χ3n) is 16.9. The molecule has 0 amide bonds. The lowest BCUT2D eigenvalue weighted by atomic mass is 9.99. The average Bonchev–Trinajstić information content (AvgIpc) is 4.33. The molecule has 0 spiro atoms. The Bertz CT molecular complexity index is 4880. The van der Waals surface area contributed by atoms with Gasteiger partial charge in [0, 0.05) is 108 Å². The summed E-state index contributed by atoms with van der Waals surface area (Å²) in [6.45, 7) is 3.09. The lowest BCUT2D eigenvalue weighted by molar-refractivity contribution is 0.827. The van der Waals surface area contributed by atoms with Crippen LogP contribution in [0.4, 0.5) is 0 Å². The molecule has 10 aromatic carbocycles. The van der Waals surface area contributed by atoms with Crippen LogP contribution < -0.4 is 0 Å². The Kier molecular flexibility index (Phi) is 9.85. The third kappa shape index (κ3) is 7.15. The second-order valence-electron chi connectivity index (χ2n) is 21.4. The summed E-state index contributed by atoms with van der Waals surface area (Å²) in [6, 6.07) is 84.9. The fraction of sp³-hybridized carbons (Fsp3) is 0.0270. The first-order valence-electron chi connectivity index (χ1n) is 27.7. The maximum Gasteiger partial charge on any atom is 0.0702 e. The molecule has 17 rings (SSSR count). The minimum absolute atomic E-state index is 0.839. The molecule has 0 aliphatic heterocycles. The van der Waals surface area contributed by atoms with Crippen LogP contribution in [0.25, 0.3) is 165 Å². The summed E-state index contributed by atoms with van der Waals surface area (Å²) >= 11 is 0. The standard InChI is InChI=1S/C74H47N7/c1-2-79-69-29-19-57(80-71-25-15-49(45-11-21-65-53(35-45)7-3-31-75-65)39-59(71)60-40-50(16-26-72(60)80)46-12-22-66-54(36-46)8-4-32-76-66)43-63(69)64-44-58(20-30-70(64)79)81-73-27-17-51(47-13-23-67-55(37-47)9-5-33-77-67)41-61(73)62-42-52(18-28-74(62)81)48-14-24-68-56(38-48)10-6-34-78-68/h3-44H,2H2,1H3. The van der Waals surface area contributed by atoms with Crippen LogP contribution in [0.5, 0.6) is 0 Å². The van der Waals surface area contributed by atoms with E-state index in [1.165, 1.54) is 65.6 Å². The lowest BCUT2D eigenvalue weighted by Crippen LogP contribution is -1.96. The van der Waals surface area contributed by atoms with Gasteiger partial charge in [-0.2, -0.15) is 0 Å². The fourth-order valence-corrected chi connectivity index (χ4v) is 13.0. The van der Waals surface area contributed by atoms with E-state index in [1.807, 2.05) is 49.1 Å². The van der Waals surface area contributed by atoms with Gasteiger partial charge < -0.3 is 13.7 Å². The SMILES string of the molecule is CCn1c2ccc(-n3c4ccc(-c5ccc6ncccc6c5)cc4c4cc(-c5ccc6ncccc6c5)ccc43)cc2c2cc(-n3c4ccc(-c5ccc6ncccc6c5)cc4c4cc(-c5ccc6ncccc6c5)ccc43)ccc21. The smallest absolute Gasteiger partial charge is 0.0702 e. The highest BCUT2D eigenvalue weighted by Crippen LogP contribution is 2.43. The number of nitrogens with zero attached hydrogens (tertiary/aromatic N) is 7. The predicted octanol–water partition coefficient (Wildman–Crippen LogP) is 18.9. The van der Waals surface area contributed by atoms with Crippen LogP contribution in [-0.4, -0.2) is 33.6 Å². The molecule has 0 aliphatic carbocycles. The molecule has 7 nitrogen and oxygen atoms in total. The molecule has 0 bridgehead atoms. The van der Waals surface area contributed by atoms with Gasteiger partial charge in [0.15, 0.2) is 0 Å². The van der Waals surface area contributed by atoms with Crippen molar-refractivity contribution in [3.63, 3.8) is 0 Å². The summed E-state index contributed by atoms with van der Waals surface area (Å²) in [7, 11) is 0. The first-order valence-corrected chi connectivity index (χ1v) is 27.7. The maximum absolute atomic E-state index is 4.62. The summed E-state index contributed by atoms with van der Waals surface area (Å²) in [6.07, 6.45) is 7.43. The highest BCUT2D eigenvalue weighted by Gasteiger charge is 2.21. The van der Waals surface area contributed by atoms with E-state index in [1.54, 1.807) is 0 Å². The lowest BCUT2D eigenvalue weighted by Gasteiger charge is -2.11. The first-order chi connectivity index (χ1) is 40.0. The molecule has 0 fully saturated rings. The molecule has 0 saturated heterocycles. The zero-order valence-corrected chi connectivity index (χ0v) is 44.1. The van der Waals surface area contributed by atoms with E-state index in [4.69, 9.17) is 0 Å². The van der Waals surface area contributed by atoms with E-state index in [-0.39, 0.29) is 0 Å². The molecule has 378 valence electrons. The first kappa shape index (κ1) is 45.3. The predicted molar refractivity (Wildman–Crippen MR) is 337 cm³/mol. The van der Waals surface area contributed by atoms with Crippen LogP contribution in [0.15, 0.2) is 255 Å². The van der Waals surface area contributed by atoms with Gasteiger partial charge in [-0.15, -0.1) is 0 Å². The molecule has 0 atom stereocenters. The third-order valence-corrected chi connectivity index (χ3v) is 16.9. The average molecular weight is 1030 g/mol. The van der Waals surface area contributed by atoms with Gasteiger partial charge in [-0.1, -0.05) is 72.8 Å². The van der Waals surface area contributed by atoms with Crippen LogP contribution in [0.3, 0.4) is 0 Å². The van der Waals surface area contributed by atoms with Crippen LogP contribution in [-0.2, 0) is 6.54 Å². The molecule has 17 aromatic rings. The summed E-state index contributed by atoms with van der Waals surface area (Å²) in [5.41, 5.74) is 22.5. The van der Waals surface area contributed by atoms with E-state index < -0.39 is 0 Å². The van der Waals surface area contributed by atoms with E-state index in [0.29, 0.717) is 0 Å². The van der Waals surface area contributed by atoms with Crippen LogP contribution in [0, 0.1) is 0 Å². The number of aromatic nitrogens is 7. The molecular weight excluding hydrogens is 987 g/mol. The Morgan fingerprint density at radius 3 is 0.815 bits per heavy atom. The summed E-state index contributed by atoms with van der Waals surface area (Å²) in [4.78, 5) is 18.5. The number of hydrogen-bond acceptors (Lipinski definition) is 4. The molecule has 0 radical (unpaired) electrons. The van der Waals surface area contributed by atoms with Gasteiger partial charge >= 0.3 is 0 Å². The Morgan fingerprint density at radius 1 is 0.259 bits per heavy atom. The van der Waals surface area contributed by atoms with Crippen molar-refractivity contribution in [1.82, 2.24) is 33.6 Å². The number of aryl methyl sites for hydroxylation is 1. The molecule has 0 saturated carbocycles. The van der Waals surface area contributed by atoms with Crippen LogP contribution in [0.1, 0.15) is 6.92 Å². The molecule has 0 unspecified atom stereocenters. The number of fused-ring (bicyclic) bond motifs is 13. The number of rotatable bonds is 7. The zero-order chi connectivity index (χ0) is 53.3. The van der Waals surface area contributed by atoms with Gasteiger partial charge in [0.25, 0.3) is 0 Å². The van der Waals surface area contributed by atoms with Gasteiger partial charge in [-0.25, -0.2) is 0 Å².